The van der Waals surface area contributed by atoms with Crippen LogP contribution in [0.25, 0.3) is 0 Å². The highest BCUT2D eigenvalue weighted by Crippen LogP contribution is 2.43. The fourth-order valence-electron chi connectivity index (χ4n) is 3.96. The summed E-state index contributed by atoms with van der Waals surface area (Å²) in [4.78, 5) is 12.7. The number of rotatable bonds is 6. The third kappa shape index (κ3) is 3.25. The molecule has 2 fully saturated rings. The first kappa shape index (κ1) is 16.5. The predicted octanol–water partition coefficient (Wildman–Crippen LogP) is 4.29. The molecule has 0 aromatic carbocycles. The zero-order valence-electron chi connectivity index (χ0n) is 14.2. The van der Waals surface area contributed by atoms with Gasteiger partial charge in [0.15, 0.2) is 11.3 Å². The van der Waals surface area contributed by atoms with Crippen molar-refractivity contribution >= 4 is 17.1 Å². The first-order valence-corrected chi connectivity index (χ1v) is 10.1. The Balaban J connectivity index is 1.59. The van der Waals surface area contributed by atoms with Gasteiger partial charge in [0.05, 0.1) is 18.0 Å². The number of carbonyl (C=O) groups excluding carboxylic acids is 1. The van der Waals surface area contributed by atoms with Crippen LogP contribution in [0.3, 0.4) is 0 Å². The van der Waals surface area contributed by atoms with Crippen LogP contribution in [-0.4, -0.2) is 20.8 Å². The number of hydrogen-bond donors (Lipinski definition) is 0. The van der Waals surface area contributed by atoms with Crippen molar-refractivity contribution in [2.75, 3.05) is 0 Å². The van der Waals surface area contributed by atoms with Crippen LogP contribution >= 0.6 is 11.3 Å². The molecular weight excluding hydrogens is 332 g/mol. The molecule has 0 spiro atoms. The molecule has 25 heavy (non-hydrogen) atoms. The minimum atomic E-state index is -0.486. The van der Waals surface area contributed by atoms with E-state index in [4.69, 9.17) is 0 Å². The highest BCUT2D eigenvalue weighted by atomic mass is 32.1. The SMILES string of the molecule is N#CC1(n2cc([C@@H](CC(=O)c3ccsc3)C3CCCCC3)nn2)CC1. The Labute approximate surface area is 151 Å². The molecule has 0 saturated heterocycles. The number of ketones is 1. The van der Waals surface area contributed by atoms with E-state index < -0.39 is 5.54 Å². The van der Waals surface area contributed by atoms with Gasteiger partial charge in [-0.05, 0) is 43.0 Å². The lowest BCUT2D eigenvalue weighted by atomic mass is 9.76. The molecule has 1 atom stereocenters. The number of aromatic nitrogens is 3. The monoisotopic (exact) mass is 354 g/mol. The number of thiophene rings is 1. The molecule has 0 unspecified atom stereocenters. The van der Waals surface area contributed by atoms with Crippen LogP contribution in [0.15, 0.2) is 23.0 Å². The summed E-state index contributed by atoms with van der Waals surface area (Å²) >= 11 is 1.56. The maximum Gasteiger partial charge on any atom is 0.164 e. The molecule has 2 saturated carbocycles. The van der Waals surface area contributed by atoms with Crippen LogP contribution in [0, 0.1) is 17.2 Å². The lowest BCUT2D eigenvalue weighted by Gasteiger charge is -2.28. The highest BCUT2D eigenvalue weighted by Gasteiger charge is 2.47. The number of nitriles is 1. The molecule has 0 bridgehead atoms. The standard InChI is InChI=1S/C19H22N4OS/c20-13-19(7-8-19)23-11-17(21-22-23)16(14-4-2-1-3-5-14)10-18(24)15-6-9-25-12-15/h6,9,11-12,14,16H,1-5,7-8,10H2/t16-/m0/s1. The molecule has 2 aromatic heterocycles. The van der Waals surface area contributed by atoms with Gasteiger partial charge in [0.2, 0.25) is 0 Å². The molecule has 2 aliphatic rings. The summed E-state index contributed by atoms with van der Waals surface area (Å²) in [6, 6.07) is 4.26. The molecule has 4 rings (SSSR count). The van der Waals surface area contributed by atoms with E-state index in [0.717, 1.165) is 36.9 Å². The summed E-state index contributed by atoms with van der Waals surface area (Å²) in [5, 5.41) is 21.9. The van der Waals surface area contributed by atoms with E-state index in [1.165, 1.54) is 19.3 Å². The quantitative estimate of drug-likeness (QED) is 0.726. The topological polar surface area (TPSA) is 71.6 Å². The van der Waals surface area contributed by atoms with Gasteiger partial charge in [-0.3, -0.25) is 4.79 Å². The Morgan fingerprint density at radius 1 is 1.40 bits per heavy atom. The molecule has 2 aliphatic carbocycles. The normalized spacial score (nSPS) is 20.8. The number of hydrogen-bond acceptors (Lipinski definition) is 5. The van der Waals surface area contributed by atoms with Gasteiger partial charge in [-0.2, -0.15) is 16.6 Å². The van der Waals surface area contributed by atoms with Gasteiger partial charge >= 0.3 is 0 Å². The molecule has 0 N–H and O–H groups in total. The average Bonchev–Trinajstić information content (AvgIpc) is 3.05. The van der Waals surface area contributed by atoms with Gasteiger partial charge in [0.25, 0.3) is 0 Å². The van der Waals surface area contributed by atoms with Crippen molar-refractivity contribution in [2.45, 2.75) is 62.8 Å². The van der Waals surface area contributed by atoms with E-state index in [1.54, 1.807) is 16.0 Å². The molecule has 130 valence electrons. The second-order valence-electron chi connectivity index (χ2n) is 7.38. The first-order chi connectivity index (χ1) is 12.2. The van der Waals surface area contributed by atoms with Crippen molar-refractivity contribution in [3.05, 3.63) is 34.3 Å². The fourth-order valence-corrected chi connectivity index (χ4v) is 4.62. The van der Waals surface area contributed by atoms with Crippen LogP contribution in [0.4, 0.5) is 0 Å². The van der Waals surface area contributed by atoms with Crippen LogP contribution in [-0.2, 0) is 5.54 Å². The van der Waals surface area contributed by atoms with Crippen molar-refractivity contribution in [3.63, 3.8) is 0 Å². The van der Waals surface area contributed by atoms with Crippen LogP contribution < -0.4 is 0 Å². The number of nitrogens with zero attached hydrogens (tertiary/aromatic N) is 4. The molecular formula is C19H22N4OS. The molecule has 0 aliphatic heterocycles. The van der Waals surface area contributed by atoms with Crippen molar-refractivity contribution in [1.82, 2.24) is 15.0 Å². The Morgan fingerprint density at radius 2 is 2.20 bits per heavy atom. The summed E-state index contributed by atoms with van der Waals surface area (Å²) in [7, 11) is 0. The fraction of sp³-hybridized carbons (Fsp3) is 0.579. The van der Waals surface area contributed by atoms with Crippen molar-refractivity contribution in [1.29, 1.82) is 5.26 Å². The van der Waals surface area contributed by atoms with E-state index in [0.29, 0.717) is 12.3 Å². The summed E-state index contributed by atoms with van der Waals surface area (Å²) in [5.74, 6) is 0.780. The lowest BCUT2D eigenvalue weighted by Crippen LogP contribution is -2.20. The third-order valence-electron chi connectivity index (χ3n) is 5.73. The largest absolute Gasteiger partial charge is 0.294 e. The Kier molecular flexibility index (Phi) is 4.43. The summed E-state index contributed by atoms with van der Waals surface area (Å²) < 4.78 is 1.73. The van der Waals surface area contributed by atoms with Crippen molar-refractivity contribution < 1.29 is 4.79 Å². The van der Waals surface area contributed by atoms with Gasteiger partial charge in [0, 0.05) is 23.3 Å². The number of Topliss-reactive ketones (excluding diaryl/α,β-unsaturated/α-hetero) is 1. The van der Waals surface area contributed by atoms with E-state index in [-0.39, 0.29) is 11.7 Å². The van der Waals surface area contributed by atoms with Gasteiger partial charge in [-0.15, -0.1) is 5.10 Å². The van der Waals surface area contributed by atoms with Gasteiger partial charge in [-0.1, -0.05) is 24.5 Å². The maximum absolute atomic E-state index is 12.7. The third-order valence-corrected chi connectivity index (χ3v) is 6.41. The van der Waals surface area contributed by atoms with E-state index >= 15 is 0 Å². The van der Waals surface area contributed by atoms with Gasteiger partial charge in [0.1, 0.15) is 0 Å². The van der Waals surface area contributed by atoms with Crippen LogP contribution in [0.5, 0.6) is 0 Å². The summed E-state index contributed by atoms with van der Waals surface area (Å²) in [6.07, 6.45) is 10.1. The van der Waals surface area contributed by atoms with Crippen molar-refractivity contribution in [3.8, 4) is 6.07 Å². The van der Waals surface area contributed by atoms with E-state index in [9.17, 15) is 10.1 Å². The minimum absolute atomic E-state index is 0.107. The molecule has 0 amide bonds. The van der Waals surface area contributed by atoms with Crippen molar-refractivity contribution in [2.24, 2.45) is 5.92 Å². The Hall–Kier alpha value is -2.00. The second kappa shape index (κ2) is 6.72. The first-order valence-electron chi connectivity index (χ1n) is 9.11. The maximum atomic E-state index is 12.7. The van der Waals surface area contributed by atoms with Gasteiger partial charge < -0.3 is 0 Å². The predicted molar refractivity (Wildman–Crippen MR) is 95.4 cm³/mol. The zero-order valence-corrected chi connectivity index (χ0v) is 15.0. The summed E-state index contributed by atoms with van der Waals surface area (Å²) in [6.45, 7) is 0. The smallest absolute Gasteiger partial charge is 0.164 e. The van der Waals surface area contributed by atoms with Gasteiger partial charge in [-0.25, -0.2) is 4.68 Å². The molecule has 5 nitrogen and oxygen atoms in total. The van der Waals surface area contributed by atoms with Crippen LogP contribution in [0.2, 0.25) is 0 Å². The molecule has 2 heterocycles. The lowest BCUT2D eigenvalue weighted by molar-refractivity contribution is 0.0957. The average molecular weight is 354 g/mol. The minimum Gasteiger partial charge on any atom is -0.294 e. The zero-order chi connectivity index (χ0) is 17.3. The highest BCUT2D eigenvalue weighted by molar-refractivity contribution is 7.08. The summed E-state index contributed by atoms with van der Waals surface area (Å²) in [5.41, 5.74) is 1.20. The van der Waals surface area contributed by atoms with E-state index in [1.807, 2.05) is 23.0 Å². The molecule has 2 aromatic rings. The molecule has 0 radical (unpaired) electrons. The number of carbonyl (C=O) groups is 1. The van der Waals surface area contributed by atoms with Crippen LogP contribution in [0.1, 0.15) is 73.3 Å². The Morgan fingerprint density at radius 3 is 2.84 bits per heavy atom. The molecule has 6 heteroatoms. The van der Waals surface area contributed by atoms with E-state index in [2.05, 4.69) is 16.4 Å². The second-order valence-corrected chi connectivity index (χ2v) is 8.16. The Bertz CT molecular complexity index is 779.